The number of nitrogen functional groups attached to an aromatic ring is 1. The summed E-state index contributed by atoms with van der Waals surface area (Å²) < 4.78 is 5.13. The molecule has 1 aromatic heterocycles. The minimum Gasteiger partial charge on any atom is -0.497 e. The van der Waals surface area contributed by atoms with Crippen molar-refractivity contribution < 1.29 is 9.53 Å². The molecule has 0 unspecified atom stereocenters. The fourth-order valence-electron chi connectivity index (χ4n) is 1.86. The summed E-state index contributed by atoms with van der Waals surface area (Å²) in [6.45, 7) is 2.58. The molecule has 1 amide bonds. The second-order valence-electron chi connectivity index (χ2n) is 4.56. The van der Waals surface area contributed by atoms with Crippen LogP contribution in [-0.4, -0.2) is 24.7 Å². The van der Waals surface area contributed by atoms with Gasteiger partial charge in [0.05, 0.1) is 12.8 Å². The first-order valence-electron chi connectivity index (χ1n) is 6.93. The summed E-state index contributed by atoms with van der Waals surface area (Å²) in [5, 5.41) is 3.23. The smallest absolute Gasteiger partial charge is 0.281 e. The summed E-state index contributed by atoms with van der Waals surface area (Å²) in [5.74, 6) is 0.449. The second kappa shape index (κ2) is 7.80. The molecule has 122 valence electrons. The van der Waals surface area contributed by atoms with E-state index in [1.807, 2.05) is 31.2 Å². The molecule has 0 saturated heterocycles. The molecular formula is C15H18N4O2S2. The summed E-state index contributed by atoms with van der Waals surface area (Å²) in [6, 6.07) is 9.35. The SMILES string of the molecule is CCNC(=S)NNC(=O)c1sc(-c2ccc(OC)cc2)cc1N. The zero-order valence-corrected chi connectivity index (χ0v) is 14.4. The number of carbonyl (C=O) groups excluding carboxylic acids is 1. The van der Waals surface area contributed by atoms with Crippen LogP contribution >= 0.6 is 23.6 Å². The molecular weight excluding hydrogens is 332 g/mol. The second-order valence-corrected chi connectivity index (χ2v) is 6.02. The van der Waals surface area contributed by atoms with Gasteiger partial charge < -0.3 is 15.8 Å². The van der Waals surface area contributed by atoms with Gasteiger partial charge in [0.1, 0.15) is 10.6 Å². The van der Waals surface area contributed by atoms with Crippen LogP contribution in [0.2, 0.25) is 0 Å². The molecule has 0 fully saturated rings. The average molecular weight is 350 g/mol. The van der Waals surface area contributed by atoms with Crippen LogP contribution in [0.15, 0.2) is 30.3 Å². The van der Waals surface area contributed by atoms with Gasteiger partial charge in [-0.3, -0.25) is 15.6 Å². The van der Waals surface area contributed by atoms with Crippen molar-refractivity contribution in [2.24, 2.45) is 0 Å². The molecule has 0 radical (unpaired) electrons. The van der Waals surface area contributed by atoms with Crippen LogP contribution in [0.1, 0.15) is 16.6 Å². The molecule has 2 aromatic rings. The third kappa shape index (κ3) is 4.33. The van der Waals surface area contributed by atoms with Gasteiger partial charge in [-0.05, 0) is 55.0 Å². The normalized spacial score (nSPS) is 10.0. The highest BCUT2D eigenvalue weighted by Crippen LogP contribution is 2.33. The number of amides is 1. The van der Waals surface area contributed by atoms with Crippen molar-refractivity contribution in [1.82, 2.24) is 16.2 Å². The van der Waals surface area contributed by atoms with Crippen molar-refractivity contribution in [3.05, 3.63) is 35.2 Å². The molecule has 0 spiro atoms. The summed E-state index contributed by atoms with van der Waals surface area (Å²) in [6.07, 6.45) is 0. The van der Waals surface area contributed by atoms with E-state index in [2.05, 4.69) is 16.2 Å². The fourth-order valence-corrected chi connectivity index (χ4v) is 3.03. The number of hydrogen-bond donors (Lipinski definition) is 4. The van der Waals surface area contributed by atoms with Gasteiger partial charge in [-0.2, -0.15) is 0 Å². The van der Waals surface area contributed by atoms with Gasteiger partial charge in [0, 0.05) is 11.4 Å². The van der Waals surface area contributed by atoms with E-state index < -0.39 is 0 Å². The van der Waals surface area contributed by atoms with Gasteiger partial charge in [0.25, 0.3) is 5.91 Å². The molecule has 0 bridgehead atoms. The largest absolute Gasteiger partial charge is 0.497 e. The minimum atomic E-state index is -0.326. The Labute approximate surface area is 144 Å². The van der Waals surface area contributed by atoms with E-state index in [1.165, 1.54) is 11.3 Å². The van der Waals surface area contributed by atoms with Crippen molar-refractivity contribution in [3.8, 4) is 16.2 Å². The highest BCUT2D eigenvalue weighted by atomic mass is 32.1. The van der Waals surface area contributed by atoms with Crippen molar-refractivity contribution in [2.45, 2.75) is 6.92 Å². The van der Waals surface area contributed by atoms with Crippen LogP contribution in [0.3, 0.4) is 0 Å². The first kappa shape index (κ1) is 17.0. The van der Waals surface area contributed by atoms with E-state index in [9.17, 15) is 4.79 Å². The minimum absolute atomic E-state index is 0.326. The fraction of sp³-hybridized carbons (Fsp3) is 0.200. The highest BCUT2D eigenvalue weighted by Gasteiger charge is 2.15. The Kier molecular flexibility index (Phi) is 5.78. The number of methoxy groups -OCH3 is 1. The van der Waals surface area contributed by atoms with Crippen molar-refractivity contribution in [2.75, 3.05) is 19.4 Å². The zero-order chi connectivity index (χ0) is 16.8. The molecule has 0 aliphatic heterocycles. The number of benzene rings is 1. The Bertz CT molecular complexity index is 698. The number of anilines is 1. The van der Waals surface area contributed by atoms with E-state index in [0.29, 0.717) is 22.2 Å². The van der Waals surface area contributed by atoms with Gasteiger partial charge in [-0.25, -0.2) is 0 Å². The predicted molar refractivity (Wildman–Crippen MR) is 97.6 cm³/mol. The van der Waals surface area contributed by atoms with E-state index >= 15 is 0 Å². The number of thiocarbonyl (C=S) groups is 1. The molecule has 2 rings (SSSR count). The van der Waals surface area contributed by atoms with Crippen molar-refractivity contribution in [3.63, 3.8) is 0 Å². The molecule has 1 heterocycles. The van der Waals surface area contributed by atoms with Crippen LogP contribution in [0.25, 0.3) is 10.4 Å². The van der Waals surface area contributed by atoms with Crippen LogP contribution in [-0.2, 0) is 0 Å². The topological polar surface area (TPSA) is 88.4 Å². The van der Waals surface area contributed by atoms with Crippen LogP contribution in [0.4, 0.5) is 5.69 Å². The Morgan fingerprint density at radius 1 is 1.30 bits per heavy atom. The summed E-state index contributed by atoms with van der Waals surface area (Å²) in [7, 11) is 1.62. The molecule has 0 aliphatic rings. The first-order chi connectivity index (χ1) is 11.0. The number of nitrogens with one attached hydrogen (secondary N) is 3. The van der Waals surface area contributed by atoms with E-state index in [4.69, 9.17) is 22.7 Å². The number of hydrazine groups is 1. The van der Waals surface area contributed by atoms with E-state index in [-0.39, 0.29) is 5.91 Å². The molecule has 0 saturated carbocycles. The zero-order valence-electron chi connectivity index (χ0n) is 12.8. The van der Waals surface area contributed by atoms with Crippen LogP contribution in [0.5, 0.6) is 5.75 Å². The van der Waals surface area contributed by atoms with Gasteiger partial charge in [0.15, 0.2) is 5.11 Å². The quantitative estimate of drug-likeness (QED) is 0.499. The van der Waals surface area contributed by atoms with Gasteiger partial charge >= 0.3 is 0 Å². The predicted octanol–water partition coefficient (Wildman–Crippen LogP) is 2.13. The van der Waals surface area contributed by atoms with Crippen LogP contribution < -0.4 is 26.6 Å². The number of ether oxygens (including phenoxy) is 1. The molecule has 0 atom stereocenters. The number of rotatable bonds is 4. The van der Waals surface area contributed by atoms with Gasteiger partial charge in [0.2, 0.25) is 0 Å². The lowest BCUT2D eigenvalue weighted by molar-refractivity contribution is 0.0948. The standard InChI is InChI=1S/C15H18N4O2S2/c1-3-17-15(22)19-18-14(20)13-11(16)8-12(23-13)9-4-6-10(21-2)7-5-9/h4-8H,3,16H2,1-2H3,(H,18,20)(H2,17,19,22). The number of nitrogens with two attached hydrogens (primary N) is 1. The molecule has 8 heteroatoms. The van der Waals surface area contributed by atoms with Crippen molar-refractivity contribution >= 4 is 40.3 Å². The molecule has 1 aromatic carbocycles. The third-order valence-electron chi connectivity index (χ3n) is 2.97. The number of carbonyl (C=O) groups is 1. The van der Waals surface area contributed by atoms with Gasteiger partial charge in [-0.15, -0.1) is 11.3 Å². The van der Waals surface area contributed by atoms with E-state index in [1.54, 1.807) is 13.2 Å². The summed E-state index contributed by atoms with van der Waals surface area (Å²) >= 11 is 6.30. The Morgan fingerprint density at radius 2 is 2.00 bits per heavy atom. The van der Waals surface area contributed by atoms with Gasteiger partial charge in [-0.1, -0.05) is 0 Å². The Balaban J connectivity index is 2.10. The van der Waals surface area contributed by atoms with E-state index in [0.717, 1.165) is 16.2 Å². The molecule has 6 nitrogen and oxygen atoms in total. The Hall–Kier alpha value is -2.32. The lowest BCUT2D eigenvalue weighted by Crippen LogP contribution is -2.46. The maximum atomic E-state index is 12.2. The Morgan fingerprint density at radius 3 is 2.61 bits per heavy atom. The molecule has 5 N–H and O–H groups in total. The first-order valence-corrected chi connectivity index (χ1v) is 8.15. The molecule has 23 heavy (non-hydrogen) atoms. The monoisotopic (exact) mass is 350 g/mol. The number of thiophene rings is 1. The lowest BCUT2D eigenvalue weighted by atomic mass is 10.2. The maximum absolute atomic E-state index is 12.2. The van der Waals surface area contributed by atoms with Crippen molar-refractivity contribution in [1.29, 1.82) is 0 Å². The third-order valence-corrected chi connectivity index (χ3v) is 4.41. The summed E-state index contributed by atoms with van der Waals surface area (Å²) in [4.78, 5) is 13.5. The highest BCUT2D eigenvalue weighted by molar-refractivity contribution is 7.80. The lowest BCUT2D eigenvalue weighted by Gasteiger charge is -2.09. The maximum Gasteiger partial charge on any atom is 0.281 e. The summed E-state index contributed by atoms with van der Waals surface area (Å²) in [5.41, 5.74) is 12.5. The molecule has 0 aliphatic carbocycles. The van der Waals surface area contributed by atoms with Crippen LogP contribution in [0, 0.1) is 0 Å². The number of hydrogen-bond acceptors (Lipinski definition) is 5. The average Bonchev–Trinajstić information content (AvgIpc) is 2.95.